The van der Waals surface area contributed by atoms with E-state index >= 15 is 0 Å². The maximum Gasteiger partial charge on any atom is 0.234 e. The summed E-state index contributed by atoms with van der Waals surface area (Å²) in [6, 6.07) is 0.889. The standard InChI is InChI=1S/C14H28N4O/c1-12(10-15)18-8-6-17(7-9-18)11-14(19)16-13-4-2-3-5-13/h12-13H,2-11,15H2,1H3,(H,16,19). The average Bonchev–Trinajstić information content (AvgIpc) is 2.91. The number of nitrogens with one attached hydrogen (secondary N) is 1. The van der Waals surface area contributed by atoms with E-state index in [4.69, 9.17) is 5.73 Å². The molecule has 0 radical (unpaired) electrons. The third-order valence-electron chi connectivity index (χ3n) is 4.46. The molecule has 0 bridgehead atoms. The van der Waals surface area contributed by atoms with E-state index < -0.39 is 0 Å². The summed E-state index contributed by atoms with van der Waals surface area (Å²) in [7, 11) is 0. The number of hydrogen-bond donors (Lipinski definition) is 2. The highest BCUT2D eigenvalue weighted by Crippen LogP contribution is 2.17. The fraction of sp³-hybridized carbons (Fsp3) is 0.929. The largest absolute Gasteiger partial charge is 0.352 e. The molecule has 110 valence electrons. The van der Waals surface area contributed by atoms with Gasteiger partial charge in [-0.1, -0.05) is 12.8 Å². The highest BCUT2D eigenvalue weighted by molar-refractivity contribution is 5.78. The van der Waals surface area contributed by atoms with Gasteiger partial charge in [0, 0.05) is 44.8 Å². The van der Waals surface area contributed by atoms with Crippen LogP contribution in [0.3, 0.4) is 0 Å². The Balaban J connectivity index is 1.65. The maximum atomic E-state index is 12.0. The van der Waals surface area contributed by atoms with E-state index in [-0.39, 0.29) is 5.91 Å². The lowest BCUT2D eigenvalue weighted by atomic mass is 10.2. The number of nitrogens with zero attached hydrogens (tertiary/aromatic N) is 2. The van der Waals surface area contributed by atoms with E-state index in [0.717, 1.165) is 39.0 Å². The Morgan fingerprint density at radius 2 is 1.89 bits per heavy atom. The SMILES string of the molecule is CC(CN)N1CCN(CC(=O)NC2CCCC2)CC1. The van der Waals surface area contributed by atoms with Crippen LogP contribution in [0.5, 0.6) is 0 Å². The van der Waals surface area contributed by atoms with E-state index in [0.29, 0.717) is 25.2 Å². The second-order valence-corrected chi connectivity index (χ2v) is 5.95. The van der Waals surface area contributed by atoms with Crippen molar-refractivity contribution in [2.75, 3.05) is 39.3 Å². The van der Waals surface area contributed by atoms with Gasteiger partial charge in [0.25, 0.3) is 0 Å². The number of nitrogens with two attached hydrogens (primary N) is 1. The lowest BCUT2D eigenvalue weighted by Gasteiger charge is -2.37. The van der Waals surface area contributed by atoms with Gasteiger partial charge >= 0.3 is 0 Å². The highest BCUT2D eigenvalue weighted by Gasteiger charge is 2.23. The van der Waals surface area contributed by atoms with Gasteiger partial charge in [0.15, 0.2) is 0 Å². The monoisotopic (exact) mass is 268 g/mol. The molecule has 5 nitrogen and oxygen atoms in total. The molecule has 19 heavy (non-hydrogen) atoms. The second-order valence-electron chi connectivity index (χ2n) is 5.95. The first-order valence-electron chi connectivity index (χ1n) is 7.65. The lowest BCUT2D eigenvalue weighted by molar-refractivity contribution is -0.123. The van der Waals surface area contributed by atoms with Crippen LogP contribution >= 0.6 is 0 Å². The van der Waals surface area contributed by atoms with Gasteiger partial charge < -0.3 is 11.1 Å². The molecule has 3 N–H and O–H groups in total. The quantitative estimate of drug-likeness (QED) is 0.737. The van der Waals surface area contributed by atoms with E-state index in [2.05, 4.69) is 22.0 Å². The lowest BCUT2D eigenvalue weighted by Crippen LogP contribution is -2.53. The van der Waals surface area contributed by atoms with Crippen LogP contribution in [0.25, 0.3) is 0 Å². The first kappa shape index (κ1) is 14.8. The molecule has 5 heteroatoms. The van der Waals surface area contributed by atoms with Gasteiger partial charge in [0.1, 0.15) is 0 Å². The van der Waals surface area contributed by atoms with Gasteiger partial charge in [0.05, 0.1) is 6.54 Å². The Bertz CT molecular complexity index is 283. The summed E-state index contributed by atoms with van der Waals surface area (Å²) in [5, 5.41) is 3.16. The Morgan fingerprint density at radius 3 is 2.47 bits per heavy atom. The minimum atomic E-state index is 0.201. The van der Waals surface area contributed by atoms with Gasteiger partial charge in [-0.15, -0.1) is 0 Å². The summed E-state index contributed by atoms with van der Waals surface area (Å²) >= 11 is 0. The van der Waals surface area contributed by atoms with Crippen LogP contribution in [0.4, 0.5) is 0 Å². The van der Waals surface area contributed by atoms with Crippen LogP contribution in [-0.4, -0.2) is 67.1 Å². The Morgan fingerprint density at radius 1 is 1.26 bits per heavy atom. The minimum Gasteiger partial charge on any atom is -0.352 e. The summed E-state index contributed by atoms with van der Waals surface area (Å²) in [4.78, 5) is 16.6. The predicted molar refractivity (Wildman–Crippen MR) is 76.9 cm³/mol. The topological polar surface area (TPSA) is 61.6 Å². The van der Waals surface area contributed by atoms with Crippen molar-refractivity contribution in [3.05, 3.63) is 0 Å². The van der Waals surface area contributed by atoms with Crippen molar-refractivity contribution in [2.24, 2.45) is 5.73 Å². The number of piperazine rings is 1. The van der Waals surface area contributed by atoms with E-state index in [1.54, 1.807) is 0 Å². The van der Waals surface area contributed by atoms with Gasteiger partial charge in [-0.05, 0) is 19.8 Å². The van der Waals surface area contributed by atoms with Crippen molar-refractivity contribution in [1.29, 1.82) is 0 Å². The molecule has 2 fully saturated rings. The summed E-state index contributed by atoms with van der Waals surface area (Å²) in [6.45, 7) is 7.43. The molecule has 1 amide bonds. The summed E-state index contributed by atoms with van der Waals surface area (Å²) in [5.41, 5.74) is 5.69. The first-order valence-corrected chi connectivity index (χ1v) is 7.65. The third kappa shape index (κ3) is 4.44. The number of carbonyl (C=O) groups is 1. The van der Waals surface area contributed by atoms with Gasteiger partial charge in [-0.3, -0.25) is 14.6 Å². The van der Waals surface area contributed by atoms with Crippen LogP contribution in [0.2, 0.25) is 0 Å². The molecule has 0 spiro atoms. The van der Waals surface area contributed by atoms with Gasteiger partial charge in [-0.25, -0.2) is 0 Å². The molecular formula is C14H28N4O. The van der Waals surface area contributed by atoms with Crippen LogP contribution in [0.1, 0.15) is 32.6 Å². The van der Waals surface area contributed by atoms with Crippen molar-refractivity contribution in [3.8, 4) is 0 Å². The van der Waals surface area contributed by atoms with Crippen LogP contribution < -0.4 is 11.1 Å². The Hall–Kier alpha value is -0.650. The third-order valence-corrected chi connectivity index (χ3v) is 4.46. The minimum absolute atomic E-state index is 0.201. The summed E-state index contributed by atoms with van der Waals surface area (Å²) < 4.78 is 0. The van der Waals surface area contributed by atoms with Crippen LogP contribution in [-0.2, 0) is 4.79 Å². The number of amides is 1. The molecular weight excluding hydrogens is 240 g/mol. The first-order chi connectivity index (χ1) is 9.19. The van der Waals surface area contributed by atoms with Gasteiger partial charge in [0.2, 0.25) is 5.91 Å². The summed E-state index contributed by atoms with van der Waals surface area (Å²) in [6.07, 6.45) is 4.85. The number of carbonyl (C=O) groups excluding carboxylic acids is 1. The Labute approximate surface area is 116 Å². The normalized spacial score (nSPS) is 24.5. The molecule has 1 heterocycles. The second kappa shape index (κ2) is 7.22. The van der Waals surface area contributed by atoms with E-state index in [1.165, 1.54) is 12.8 Å². The van der Waals surface area contributed by atoms with Crippen molar-refractivity contribution < 1.29 is 4.79 Å². The van der Waals surface area contributed by atoms with Crippen LogP contribution in [0.15, 0.2) is 0 Å². The fourth-order valence-electron chi connectivity index (χ4n) is 3.06. The van der Waals surface area contributed by atoms with Crippen LogP contribution in [0, 0.1) is 0 Å². The zero-order valence-electron chi connectivity index (χ0n) is 12.1. The molecule has 1 aliphatic heterocycles. The van der Waals surface area contributed by atoms with E-state index in [9.17, 15) is 4.79 Å². The van der Waals surface area contributed by atoms with Crippen molar-refractivity contribution in [3.63, 3.8) is 0 Å². The molecule has 2 aliphatic rings. The maximum absolute atomic E-state index is 12.0. The molecule has 1 atom stereocenters. The molecule has 1 saturated heterocycles. The van der Waals surface area contributed by atoms with Gasteiger partial charge in [-0.2, -0.15) is 0 Å². The van der Waals surface area contributed by atoms with E-state index in [1.807, 2.05) is 0 Å². The molecule has 1 saturated carbocycles. The molecule has 0 aromatic rings. The fourth-order valence-corrected chi connectivity index (χ4v) is 3.06. The number of hydrogen-bond acceptors (Lipinski definition) is 4. The Kier molecular flexibility index (Phi) is 5.60. The molecule has 0 aromatic heterocycles. The summed E-state index contributed by atoms with van der Waals surface area (Å²) in [5.74, 6) is 0.201. The molecule has 1 unspecified atom stereocenters. The number of rotatable bonds is 5. The highest BCUT2D eigenvalue weighted by atomic mass is 16.2. The zero-order chi connectivity index (χ0) is 13.7. The van der Waals surface area contributed by atoms with Crippen molar-refractivity contribution in [1.82, 2.24) is 15.1 Å². The zero-order valence-corrected chi connectivity index (χ0v) is 12.1. The predicted octanol–water partition coefficient (Wildman–Crippen LogP) is 0.0100. The van der Waals surface area contributed by atoms with Crippen molar-refractivity contribution in [2.45, 2.75) is 44.7 Å². The smallest absolute Gasteiger partial charge is 0.234 e. The average molecular weight is 268 g/mol. The van der Waals surface area contributed by atoms with Crippen molar-refractivity contribution >= 4 is 5.91 Å². The molecule has 2 rings (SSSR count). The molecule has 0 aromatic carbocycles. The molecule has 1 aliphatic carbocycles.